The molecule has 1 aromatic carbocycles. The molecule has 1 unspecified atom stereocenters. The molecule has 0 aromatic heterocycles. The first kappa shape index (κ1) is 12.0. The second kappa shape index (κ2) is 5.74. The fourth-order valence-electron chi connectivity index (χ4n) is 2.48. The van der Waals surface area contributed by atoms with Gasteiger partial charge in [0.15, 0.2) is 0 Å². The van der Waals surface area contributed by atoms with Gasteiger partial charge in [0.25, 0.3) is 0 Å². The second-order valence-electron chi connectivity index (χ2n) is 4.53. The van der Waals surface area contributed by atoms with E-state index < -0.39 is 0 Å². The molecule has 1 nitrogen and oxygen atoms in total. The lowest BCUT2D eigenvalue weighted by Crippen LogP contribution is -2.19. The molecule has 0 amide bonds. The molecule has 0 saturated heterocycles. The van der Waals surface area contributed by atoms with Crippen molar-refractivity contribution in [2.75, 3.05) is 19.1 Å². The first-order valence-electron chi connectivity index (χ1n) is 6.13. The fourth-order valence-corrected chi connectivity index (χ4v) is 3.18. The third-order valence-electron chi connectivity index (χ3n) is 3.46. The smallest absolute Gasteiger partial charge is 0.0409 e. The number of fused-ring (bicyclic) bond motifs is 1. The number of nitrogens with one attached hydrogen (secondary N) is 1. The zero-order valence-electron chi connectivity index (χ0n) is 10.3. The summed E-state index contributed by atoms with van der Waals surface area (Å²) >= 11 is 1.90. The zero-order valence-corrected chi connectivity index (χ0v) is 11.1. The Morgan fingerprint density at radius 2 is 2.00 bits per heavy atom. The normalized spacial score (nSPS) is 16.9. The van der Waals surface area contributed by atoms with E-state index in [0.29, 0.717) is 6.04 Å². The van der Waals surface area contributed by atoms with Gasteiger partial charge >= 0.3 is 0 Å². The SMILES string of the molecule is CNC(CSC)c1ccc2c(c1)CCCC2. The Kier molecular flexibility index (Phi) is 4.30. The summed E-state index contributed by atoms with van der Waals surface area (Å²) in [5.41, 5.74) is 4.62. The van der Waals surface area contributed by atoms with Crippen LogP contribution in [0.3, 0.4) is 0 Å². The van der Waals surface area contributed by atoms with Gasteiger partial charge in [-0.15, -0.1) is 0 Å². The summed E-state index contributed by atoms with van der Waals surface area (Å²) in [7, 11) is 2.06. The predicted octanol–water partition coefficient (Wildman–Crippen LogP) is 3.19. The average molecular weight is 235 g/mol. The average Bonchev–Trinajstić information content (AvgIpc) is 2.35. The Bertz CT molecular complexity index is 349. The van der Waals surface area contributed by atoms with Crippen molar-refractivity contribution in [2.45, 2.75) is 31.7 Å². The summed E-state index contributed by atoms with van der Waals surface area (Å²) in [5, 5.41) is 3.41. The Morgan fingerprint density at radius 1 is 1.25 bits per heavy atom. The maximum Gasteiger partial charge on any atom is 0.0409 e. The van der Waals surface area contributed by atoms with E-state index in [9.17, 15) is 0 Å². The number of aryl methyl sites for hydroxylation is 2. The largest absolute Gasteiger partial charge is 0.312 e. The van der Waals surface area contributed by atoms with Gasteiger partial charge in [0.05, 0.1) is 0 Å². The molecule has 88 valence electrons. The van der Waals surface area contributed by atoms with Crippen molar-refractivity contribution >= 4 is 11.8 Å². The van der Waals surface area contributed by atoms with E-state index in [0.717, 1.165) is 5.75 Å². The first-order chi connectivity index (χ1) is 7.85. The lowest BCUT2D eigenvalue weighted by Gasteiger charge is -2.20. The number of thioether (sulfide) groups is 1. The molecule has 0 fully saturated rings. The van der Waals surface area contributed by atoms with E-state index in [4.69, 9.17) is 0 Å². The van der Waals surface area contributed by atoms with E-state index in [1.165, 1.54) is 31.2 Å². The van der Waals surface area contributed by atoms with Crippen LogP contribution in [0.25, 0.3) is 0 Å². The molecule has 1 aliphatic rings. The quantitative estimate of drug-likeness (QED) is 0.860. The minimum absolute atomic E-state index is 0.502. The van der Waals surface area contributed by atoms with Gasteiger partial charge in [0.1, 0.15) is 0 Å². The van der Waals surface area contributed by atoms with Crippen LogP contribution < -0.4 is 5.32 Å². The molecule has 0 saturated carbocycles. The van der Waals surface area contributed by atoms with Crippen molar-refractivity contribution in [2.24, 2.45) is 0 Å². The summed E-state index contributed by atoms with van der Waals surface area (Å²) < 4.78 is 0. The Balaban J connectivity index is 2.21. The minimum atomic E-state index is 0.502. The highest BCUT2D eigenvalue weighted by Crippen LogP contribution is 2.25. The van der Waals surface area contributed by atoms with E-state index in [-0.39, 0.29) is 0 Å². The highest BCUT2D eigenvalue weighted by Gasteiger charge is 2.13. The molecule has 0 aliphatic heterocycles. The molecule has 1 aromatic rings. The van der Waals surface area contributed by atoms with Crippen LogP contribution in [0.2, 0.25) is 0 Å². The van der Waals surface area contributed by atoms with E-state index in [1.54, 1.807) is 11.1 Å². The number of hydrogen-bond donors (Lipinski definition) is 1. The van der Waals surface area contributed by atoms with Crippen molar-refractivity contribution < 1.29 is 0 Å². The molecule has 0 spiro atoms. The monoisotopic (exact) mass is 235 g/mol. The van der Waals surface area contributed by atoms with Crippen LogP contribution in [0.4, 0.5) is 0 Å². The van der Waals surface area contributed by atoms with Crippen molar-refractivity contribution in [3.63, 3.8) is 0 Å². The van der Waals surface area contributed by atoms with Gasteiger partial charge in [-0.05, 0) is 55.7 Å². The summed E-state index contributed by atoms with van der Waals surface area (Å²) in [6, 6.07) is 7.57. The van der Waals surface area contributed by atoms with Crippen LogP contribution in [0.1, 0.15) is 35.6 Å². The molecule has 0 bridgehead atoms. The van der Waals surface area contributed by atoms with E-state index >= 15 is 0 Å². The molecule has 16 heavy (non-hydrogen) atoms. The van der Waals surface area contributed by atoms with Crippen molar-refractivity contribution in [3.05, 3.63) is 34.9 Å². The number of benzene rings is 1. The van der Waals surface area contributed by atoms with Gasteiger partial charge in [0, 0.05) is 11.8 Å². The van der Waals surface area contributed by atoms with Crippen molar-refractivity contribution in [1.82, 2.24) is 5.32 Å². The first-order valence-corrected chi connectivity index (χ1v) is 7.52. The van der Waals surface area contributed by atoms with Gasteiger partial charge in [-0.25, -0.2) is 0 Å². The molecule has 1 N–H and O–H groups in total. The third-order valence-corrected chi connectivity index (χ3v) is 4.12. The lowest BCUT2D eigenvalue weighted by molar-refractivity contribution is 0.650. The number of rotatable bonds is 4. The molecule has 0 heterocycles. The number of hydrogen-bond acceptors (Lipinski definition) is 2. The van der Waals surface area contributed by atoms with Crippen LogP contribution in [0.5, 0.6) is 0 Å². The predicted molar refractivity (Wildman–Crippen MR) is 73.3 cm³/mol. The highest BCUT2D eigenvalue weighted by atomic mass is 32.2. The zero-order chi connectivity index (χ0) is 11.4. The Labute approximate surface area is 103 Å². The van der Waals surface area contributed by atoms with Crippen LogP contribution in [-0.4, -0.2) is 19.1 Å². The Morgan fingerprint density at radius 3 is 2.69 bits per heavy atom. The fraction of sp³-hybridized carbons (Fsp3) is 0.571. The highest BCUT2D eigenvalue weighted by molar-refractivity contribution is 7.98. The topological polar surface area (TPSA) is 12.0 Å². The molecule has 1 aliphatic carbocycles. The van der Waals surface area contributed by atoms with Gasteiger partial charge in [-0.2, -0.15) is 11.8 Å². The summed E-state index contributed by atoms with van der Waals surface area (Å²) in [6.45, 7) is 0. The maximum absolute atomic E-state index is 3.41. The molecule has 0 radical (unpaired) electrons. The molecular formula is C14H21NS. The summed E-state index contributed by atoms with van der Waals surface area (Å²) in [6.07, 6.45) is 7.46. The van der Waals surface area contributed by atoms with Crippen LogP contribution >= 0.6 is 11.8 Å². The van der Waals surface area contributed by atoms with E-state index in [1.807, 2.05) is 11.8 Å². The van der Waals surface area contributed by atoms with Gasteiger partial charge in [-0.1, -0.05) is 18.2 Å². The van der Waals surface area contributed by atoms with Crippen LogP contribution in [0.15, 0.2) is 18.2 Å². The summed E-state index contributed by atoms with van der Waals surface area (Å²) in [5.74, 6) is 1.15. The van der Waals surface area contributed by atoms with Crippen LogP contribution in [0, 0.1) is 0 Å². The molecule has 2 heteroatoms. The molecular weight excluding hydrogens is 214 g/mol. The Hall–Kier alpha value is -0.470. The van der Waals surface area contributed by atoms with Gasteiger partial charge < -0.3 is 5.32 Å². The minimum Gasteiger partial charge on any atom is -0.312 e. The maximum atomic E-state index is 3.41. The molecule has 1 atom stereocenters. The third kappa shape index (κ3) is 2.61. The van der Waals surface area contributed by atoms with Crippen LogP contribution in [-0.2, 0) is 12.8 Å². The van der Waals surface area contributed by atoms with Crippen molar-refractivity contribution in [3.8, 4) is 0 Å². The van der Waals surface area contributed by atoms with Gasteiger partial charge in [0.2, 0.25) is 0 Å². The standard InChI is InChI=1S/C14H21NS/c1-15-14(10-16-2)13-8-7-11-5-3-4-6-12(11)9-13/h7-9,14-15H,3-6,10H2,1-2H3. The van der Waals surface area contributed by atoms with Gasteiger partial charge in [-0.3, -0.25) is 0 Å². The molecule has 2 rings (SSSR count). The lowest BCUT2D eigenvalue weighted by atomic mass is 9.89. The second-order valence-corrected chi connectivity index (χ2v) is 5.44. The summed E-state index contributed by atoms with van der Waals surface area (Å²) in [4.78, 5) is 0. The van der Waals surface area contributed by atoms with E-state index in [2.05, 4.69) is 36.8 Å². The van der Waals surface area contributed by atoms with Crippen molar-refractivity contribution in [1.29, 1.82) is 0 Å².